The van der Waals surface area contributed by atoms with Crippen LogP contribution in [0.1, 0.15) is 31.8 Å². The number of carbonyl (C=O) groups is 4. The molecule has 4 aromatic carbocycles. The maximum atomic E-state index is 14.6. The molecule has 248 valence electrons. The Hall–Kier alpha value is -5.23. The Morgan fingerprint density at radius 1 is 0.918 bits per heavy atom. The predicted molar refractivity (Wildman–Crippen MR) is 194 cm³/mol. The van der Waals surface area contributed by atoms with E-state index in [0.29, 0.717) is 26.7 Å². The molecule has 0 unspecified atom stereocenters. The van der Waals surface area contributed by atoms with E-state index in [0.717, 1.165) is 11.1 Å². The van der Waals surface area contributed by atoms with Gasteiger partial charge in [0.1, 0.15) is 22.1 Å². The second-order valence-electron chi connectivity index (χ2n) is 10.5. The fraction of sp³-hybridized carbons (Fsp3) is 0.0811. The van der Waals surface area contributed by atoms with Gasteiger partial charge in [-0.05, 0) is 61.0 Å². The quantitative estimate of drug-likeness (QED) is 0.0720. The number of hydrogen-bond donors (Lipinski definition) is 3. The van der Waals surface area contributed by atoms with E-state index < -0.39 is 23.6 Å². The highest BCUT2D eigenvalue weighted by molar-refractivity contribution is 8.00. The van der Waals surface area contributed by atoms with Gasteiger partial charge >= 0.3 is 5.97 Å². The number of thiophene rings is 1. The molecule has 0 aliphatic rings. The molecule has 1 aromatic heterocycles. The number of hydrogen-bond acceptors (Lipinski definition) is 7. The third-order valence-electron chi connectivity index (χ3n) is 7.08. The smallest absolute Gasteiger partial charge is 0.341 e. The van der Waals surface area contributed by atoms with Crippen LogP contribution in [0.3, 0.4) is 0 Å². The number of benzene rings is 4. The van der Waals surface area contributed by atoms with Gasteiger partial charge in [-0.15, -0.1) is 23.1 Å². The summed E-state index contributed by atoms with van der Waals surface area (Å²) in [6, 6.07) is 26.8. The Morgan fingerprint density at radius 3 is 2.37 bits per heavy atom. The summed E-state index contributed by atoms with van der Waals surface area (Å²) in [5, 5.41) is 10.3. The van der Waals surface area contributed by atoms with E-state index in [2.05, 4.69) is 16.0 Å². The third-order valence-corrected chi connectivity index (χ3v) is 9.29. The Balaban J connectivity index is 1.29. The van der Waals surface area contributed by atoms with Crippen molar-refractivity contribution in [2.24, 2.45) is 0 Å². The van der Waals surface area contributed by atoms with Crippen LogP contribution in [-0.4, -0.2) is 36.6 Å². The number of carbonyl (C=O) groups excluding carboxylic acids is 4. The number of anilines is 2. The average molecular weight is 714 g/mol. The molecule has 0 spiro atoms. The molecule has 3 N–H and O–H groups in total. The SMILES string of the molecule is COC(=O)c1c(-c2ccc(C)cc2)csc1NC(=O)CSc1cccc(NC(=O)/C(=C\c2c(F)cccc2Cl)NC(=O)c2ccccc2)c1. The number of thioether (sulfide) groups is 1. The maximum Gasteiger partial charge on any atom is 0.341 e. The molecule has 0 atom stereocenters. The number of esters is 1. The monoisotopic (exact) mass is 713 g/mol. The number of methoxy groups -OCH3 is 1. The largest absolute Gasteiger partial charge is 0.465 e. The molecule has 8 nitrogen and oxygen atoms in total. The molecule has 5 aromatic rings. The summed E-state index contributed by atoms with van der Waals surface area (Å²) in [6.45, 7) is 1.97. The molecule has 0 saturated carbocycles. The number of aryl methyl sites for hydroxylation is 1. The molecule has 49 heavy (non-hydrogen) atoms. The highest BCUT2D eigenvalue weighted by atomic mass is 35.5. The minimum Gasteiger partial charge on any atom is -0.465 e. The van der Waals surface area contributed by atoms with Crippen molar-refractivity contribution in [3.8, 4) is 11.1 Å². The van der Waals surface area contributed by atoms with Crippen molar-refractivity contribution >= 4 is 75.2 Å². The predicted octanol–water partition coefficient (Wildman–Crippen LogP) is 8.44. The summed E-state index contributed by atoms with van der Waals surface area (Å²) < 4.78 is 19.6. The normalized spacial score (nSPS) is 11.1. The van der Waals surface area contributed by atoms with Crippen LogP contribution in [-0.2, 0) is 14.3 Å². The van der Waals surface area contributed by atoms with Gasteiger partial charge in [0.25, 0.3) is 11.8 Å². The zero-order chi connectivity index (χ0) is 34.9. The first-order valence-corrected chi connectivity index (χ1v) is 17.0. The van der Waals surface area contributed by atoms with Crippen LogP contribution in [0.2, 0.25) is 5.02 Å². The van der Waals surface area contributed by atoms with Crippen molar-refractivity contribution in [1.29, 1.82) is 0 Å². The Kier molecular flexibility index (Phi) is 11.6. The Bertz CT molecular complexity index is 2030. The van der Waals surface area contributed by atoms with Crippen LogP contribution in [0, 0.1) is 12.7 Å². The van der Waals surface area contributed by atoms with Crippen molar-refractivity contribution in [2.45, 2.75) is 11.8 Å². The molecule has 12 heteroatoms. The topological polar surface area (TPSA) is 114 Å². The van der Waals surface area contributed by atoms with Gasteiger partial charge in [0.2, 0.25) is 5.91 Å². The van der Waals surface area contributed by atoms with E-state index in [1.165, 1.54) is 54.5 Å². The molecule has 3 amide bonds. The van der Waals surface area contributed by atoms with E-state index in [9.17, 15) is 23.6 Å². The van der Waals surface area contributed by atoms with E-state index in [4.69, 9.17) is 16.3 Å². The Morgan fingerprint density at radius 2 is 1.65 bits per heavy atom. The lowest BCUT2D eigenvalue weighted by Gasteiger charge is -2.13. The zero-order valence-electron chi connectivity index (χ0n) is 26.2. The van der Waals surface area contributed by atoms with Crippen molar-refractivity contribution in [3.05, 3.63) is 141 Å². The van der Waals surface area contributed by atoms with Gasteiger partial charge in [-0.2, -0.15) is 0 Å². The van der Waals surface area contributed by atoms with E-state index >= 15 is 0 Å². The summed E-state index contributed by atoms with van der Waals surface area (Å²) >= 11 is 8.64. The lowest BCUT2D eigenvalue weighted by atomic mass is 10.0. The standard InChI is InChI=1S/C37H29ClFN3O5S2/c1-22-14-16-23(17-15-22)28-20-49-36(33(28)37(46)47-2)42-32(43)21-48-26-11-6-10-25(18-26)40-35(45)31(19-27-29(38)12-7-13-30(27)39)41-34(44)24-8-4-3-5-9-24/h3-20H,21H2,1-2H3,(H,40,45)(H,41,44)(H,42,43)/b31-19+. The van der Waals surface area contributed by atoms with E-state index in [1.807, 2.05) is 31.2 Å². The molecule has 0 aliphatic heterocycles. The Labute approximate surface area is 295 Å². The van der Waals surface area contributed by atoms with Crippen LogP contribution in [0.25, 0.3) is 17.2 Å². The van der Waals surface area contributed by atoms with Gasteiger partial charge in [0, 0.05) is 32.7 Å². The van der Waals surface area contributed by atoms with Crippen molar-refractivity contribution in [1.82, 2.24) is 5.32 Å². The van der Waals surface area contributed by atoms with Gasteiger partial charge in [-0.1, -0.05) is 71.8 Å². The zero-order valence-corrected chi connectivity index (χ0v) is 28.6. The number of ether oxygens (including phenoxy) is 1. The fourth-order valence-electron chi connectivity index (χ4n) is 4.61. The molecule has 5 rings (SSSR count). The maximum absolute atomic E-state index is 14.6. The highest BCUT2D eigenvalue weighted by Gasteiger charge is 2.23. The summed E-state index contributed by atoms with van der Waals surface area (Å²) in [7, 11) is 1.29. The first-order valence-electron chi connectivity index (χ1n) is 14.8. The summed E-state index contributed by atoms with van der Waals surface area (Å²) in [6.07, 6.45) is 1.17. The second-order valence-corrected chi connectivity index (χ2v) is 12.9. The first-order chi connectivity index (χ1) is 23.6. The number of amides is 3. The number of halogens is 2. The van der Waals surface area contributed by atoms with Crippen LogP contribution >= 0.6 is 34.7 Å². The third kappa shape index (κ3) is 9.02. The van der Waals surface area contributed by atoms with Crippen LogP contribution in [0.5, 0.6) is 0 Å². The summed E-state index contributed by atoms with van der Waals surface area (Å²) in [4.78, 5) is 52.8. The summed E-state index contributed by atoms with van der Waals surface area (Å²) in [5.41, 5.74) is 3.20. The van der Waals surface area contributed by atoms with Crippen molar-refractivity contribution in [3.63, 3.8) is 0 Å². The van der Waals surface area contributed by atoms with Gasteiger partial charge in [0.15, 0.2) is 0 Å². The van der Waals surface area contributed by atoms with Crippen molar-refractivity contribution in [2.75, 3.05) is 23.5 Å². The van der Waals surface area contributed by atoms with Crippen LogP contribution in [0.15, 0.2) is 113 Å². The van der Waals surface area contributed by atoms with Crippen LogP contribution in [0.4, 0.5) is 15.1 Å². The highest BCUT2D eigenvalue weighted by Crippen LogP contribution is 2.36. The molecular formula is C37H29ClFN3O5S2. The minimum absolute atomic E-state index is 0.000152. The van der Waals surface area contributed by atoms with Crippen molar-refractivity contribution < 1.29 is 28.3 Å². The molecule has 0 saturated heterocycles. The van der Waals surface area contributed by atoms with Gasteiger partial charge in [-0.25, -0.2) is 9.18 Å². The van der Waals surface area contributed by atoms with Gasteiger partial charge in [-0.3, -0.25) is 14.4 Å². The summed E-state index contributed by atoms with van der Waals surface area (Å²) in [5.74, 6) is -2.87. The van der Waals surface area contributed by atoms with Crippen LogP contribution < -0.4 is 16.0 Å². The molecule has 0 bridgehead atoms. The molecular weight excluding hydrogens is 685 g/mol. The first kappa shape index (κ1) is 35.1. The number of nitrogens with one attached hydrogen (secondary N) is 3. The fourth-order valence-corrected chi connectivity index (χ4v) is 6.56. The minimum atomic E-state index is -0.721. The van der Waals surface area contributed by atoms with E-state index in [-0.39, 0.29) is 33.5 Å². The molecule has 1 heterocycles. The average Bonchev–Trinajstić information content (AvgIpc) is 3.52. The lowest BCUT2D eigenvalue weighted by molar-refractivity contribution is -0.114. The lowest BCUT2D eigenvalue weighted by Crippen LogP contribution is -2.30. The molecule has 0 fully saturated rings. The van der Waals surface area contributed by atoms with Gasteiger partial charge in [0.05, 0.1) is 17.9 Å². The van der Waals surface area contributed by atoms with E-state index in [1.54, 1.807) is 60.0 Å². The second kappa shape index (κ2) is 16.2. The van der Waals surface area contributed by atoms with Gasteiger partial charge < -0.3 is 20.7 Å². The molecule has 0 radical (unpaired) electrons. The number of rotatable bonds is 11. The molecule has 0 aliphatic carbocycles.